The fourth-order valence-electron chi connectivity index (χ4n) is 3.31. The molecular formula is C21H14ClF3N6O5S. The van der Waals surface area contributed by atoms with Gasteiger partial charge in [-0.2, -0.15) is 18.3 Å². The van der Waals surface area contributed by atoms with Gasteiger partial charge in [-0.15, -0.1) is 11.3 Å². The van der Waals surface area contributed by atoms with Crippen LogP contribution in [0.1, 0.15) is 31.4 Å². The van der Waals surface area contributed by atoms with Gasteiger partial charge in [0.1, 0.15) is 21.2 Å². The molecule has 0 aliphatic rings. The lowest BCUT2D eigenvalue weighted by Crippen LogP contribution is -2.18. The molecular weight excluding hydrogens is 541 g/mol. The van der Waals surface area contributed by atoms with Crippen LogP contribution in [0.15, 0.2) is 36.5 Å². The number of amides is 2. The van der Waals surface area contributed by atoms with Gasteiger partial charge in [0.2, 0.25) is 0 Å². The SMILES string of the molecule is Cc1cc(C(F)(F)F)nc2sc(C(N)=O)c(NC(=O)c3ccn(COc4ccc([N+](=O)[O-])cc4Cl)n3)c12. The number of non-ortho nitro benzene ring substituents is 1. The number of primary amides is 1. The summed E-state index contributed by atoms with van der Waals surface area (Å²) in [7, 11) is 0. The molecule has 0 atom stereocenters. The van der Waals surface area contributed by atoms with Gasteiger partial charge in [-0.1, -0.05) is 11.6 Å². The van der Waals surface area contributed by atoms with Crippen molar-refractivity contribution in [1.82, 2.24) is 14.8 Å². The molecule has 16 heteroatoms. The Morgan fingerprint density at radius 1 is 1.30 bits per heavy atom. The molecule has 0 spiro atoms. The Morgan fingerprint density at radius 3 is 2.65 bits per heavy atom. The van der Waals surface area contributed by atoms with Gasteiger partial charge in [-0.3, -0.25) is 19.7 Å². The van der Waals surface area contributed by atoms with Crippen molar-refractivity contribution in [3.8, 4) is 5.75 Å². The highest BCUT2D eigenvalue weighted by Gasteiger charge is 2.34. The molecule has 0 fully saturated rings. The molecule has 0 bridgehead atoms. The van der Waals surface area contributed by atoms with Gasteiger partial charge in [0.05, 0.1) is 15.6 Å². The molecule has 3 N–H and O–H groups in total. The lowest BCUT2D eigenvalue weighted by Gasteiger charge is -2.09. The molecule has 0 unspecified atom stereocenters. The van der Waals surface area contributed by atoms with Crippen LogP contribution in [-0.2, 0) is 12.9 Å². The lowest BCUT2D eigenvalue weighted by atomic mass is 10.1. The van der Waals surface area contributed by atoms with Crippen molar-refractivity contribution in [2.45, 2.75) is 19.8 Å². The highest BCUT2D eigenvalue weighted by atomic mass is 35.5. The van der Waals surface area contributed by atoms with Gasteiger partial charge in [-0.25, -0.2) is 9.67 Å². The molecule has 0 aliphatic heterocycles. The number of hydrogen-bond donors (Lipinski definition) is 2. The van der Waals surface area contributed by atoms with E-state index in [1.165, 1.54) is 36.0 Å². The maximum Gasteiger partial charge on any atom is 0.433 e. The van der Waals surface area contributed by atoms with E-state index in [0.717, 1.165) is 12.1 Å². The molecule has 0 aliphatic carbocycles. The molecule has 0 saturated heterocycles. The maximum absolute atomic E-state index is 13.2. The van der Waals surface area contributed by atoms with E-state index in [-0.39, 0.29) is 55.2 Å². The number of nitro groups is 1. The second-order valence-corrected chi connectivity index (χ2v) is 8.92. The number of nitrogens with one attached hydrogen (secondary N) is 1. The van der Waals surface area contributed by atoms with Crippen LogP contribution in [0, 0.1) is 17.0 Å². The number of thiophene rings is 1. The average molecular weight is 555 g/mol. The van der Waals surface area contributed by atoms with Gasteiger partial charge >= 0.3 is 6.18 Å². The van der Waals surface area contributed by atoms with Gasteiger partial charge in [0.15, 0.2) is 12.4 Å². The minimum atomic E-state index is -4.70. The Bertz CT molecular complexity index is 1570. The zero-order valence-corrected chi connectivity index (χ0v) is 20.1. The summed E-state index contributed by atoms with van der Waals surface area (Å²) in [5.41, 5.74) is 3.99. The first-order valence-corrected chi connectivity index (χ1v) is 11.3. The number of nitrogens with zero attached hydrogens (tertiary/aromatic N) is 4. The normalized spacial score (nSPS) is 11.5. The number of halogens is 4. The number of anilines is 1. The number of nitrogens with two attached hydrogens (primary N) is 1. The summed E-state index contributed by atoms with van der Waals surface area (Å²) >= 11 is 6.61. The van der Waals surface area contributed by atoms with Crippen LogP contribution in [0.5, 0.6) is 5.75 Å². The van der Waals surface area contributed by atoms with E-state index in [4.69, 9.17) is 22.1 Å². The van der Waals surface area contributed by atoms with Crippen molar-refractivity contribution in [3.63, 3.8) is 0 Å². The van der Waals surface area contributed by atoms with Crippen LogP contribution in [0.4, 0.5) is 24.5 Å². The average Bonchev–Trinajstić information content (AvgIpc) is 3.43. The largest absolute Gasteiger partial charge is 0.470 e. The molecule has 4 rings (SSSR count). The Hall–Kier alpha value is -4.24. The van der Waals surface area contributed by atoms with E-state index < -0.39 is 28.6 Å². The molecule has 0 saturated carbocycles. The van der Waals surface area contributed by atoms with Crippen molar-refractivity contribution in [2.75, 3.05) is 5.32 Å². The minimum Gasteiger partial charge on any atom is -0.470 e. The van der Waals surface area contributed by atoms with E-state index in [0.29, 0.717) is 11.3 Å². The number of pyridine rings is 1. The summed E-state index contributed by atoms with van der Waals surface area (Å²) in [4.78, 5) is 38.3. The topological polar surface area (TPSA) is 155 Å². The molecule has 4 aromatic rings. The van der Waals surface area contributed by atoms with Crippen LogP contribution < -0.4 is 15.8 Å². The summed E-state index contributed by atoms with van der Waals surface area (Å²) in [6.45, 7) is 1.18. The molecule has 2 amide bonds. The molecule has 192 valence electrons. The number of carbonyl (C=O) groups is 2. The highest BCUT2D eigenvalue weighted by Crippen LogP contribution is 2.40. The van der Waals surface area contributed by atoms with Crippen molar-refractivity contribution in [1.29, 1.82) is 0 Å². The smallest absolute Gasteiger partial charge is 0.433 e. The van der Waals surface area contributed by atoms with Crippen LogP contribution in [-0.4, -0.2) is 31.5 Å². The third-order valence-electron chi connectivity index (χ3n) is 4.96. The number of fused-ring (bicyclic) bond motifs is 1. The first-order chi connectivity index (χ1) is 17.3. The Balaban J connectivity index is 1.56. The molecule has 1 aromatic carbocycles. The number of nitro benzene ring substituents is 1. The zero-order chi connectivity index (χ0) is 27.1. The number of aryl methyl sites for hydroxylation is 1. The van der Waals surface area contributed by atoms with Crippen LogP contribution in [0.3, 0.4) is 0 Å². The molecule has 11 nitrogen and oxygen atoms in total. The van der Waals surface area contributed by atoms with Crippen LogP contribution in [0.25, 0.3) is 10.2 Å². The Kier molecular flexibility index (Phi) is 6.75. The number of aromatic nitrogens is 3. The number of benzene rings is 1. The van der Waals surface area contributed by atoms with Crippen LogP contribution >= 0.6 is 22.9 Å². The first kappa shape index (κ1) is 25.8. The second-order valence-electron chi connectivity index (χ2n) is 7.51. The molecule has 3 aromatic heterocycles. The monoisotopic (exact) mass is 554 g/mol. The van der Waals surface area contributed by atoms with Crippen molar-refractivity contribution in [3.05, 3.63) is 73.5 Å². The van der Waals surface area contributed by atoms with E-state index in [1.54, 1.807) is 0 Å². The summed E-state index contributed by atoms with van der Waals surface area (Å²) in [5.74, 6) is -1.58. The van der Waals surface area contributed by atoms with Gasteiger partial charge in [0.25, 0.3) is 17.5 Å². The third-order valence-corrected chi connectivity index (χ3v) is 6.36. The van der Waals surface area contributed by atoms with E-state index in [9.17, 15) is 32.9 Å². The Labute approximate surface area is 213 Å². The van der Waals surface area contributed by atoms with Gasteiger partial charge < -0.3 is 15.8 Å². The number of alkyl halides is 3. The van der Waals surface area contributed by atoms with E-state index >= 15 is 0 Å². The van der Waals surface area contributed by atoms with E-state index in [1.807, 2.05) is 0 Å². The molecule has 0 radical (unpaired) electrons. The first-order valence-electron chi connectivity index (χ1n) is 10.1. The predicted molar refractivity (Wildman–Crippen MR) is 127 cm³/mol. The number of carbonyl (C=O) groups excluding carboxylic acids is 2. The quantitative estimate of drug-likeness (QED) is 0.246. The molecule has 3 heterocycles. The highest BCUT2D eigenvalue weighted by molar-refractivity contribution is 7.21. The fourth-order valence-corrected chi connectivity index (χ4v) is 4.60. The van der Waals surface area contributed by atoms with Crippen molar-refractivity contribution < 1.29 is 32.4 Å². The predicted octanol–water partition coefficient (Wildman–Crippen LogP) is 4.77. The number of ether oxygens (including phenoxy) is 1. The minimum absolute atomic E-state index is 0.000277. The van der Waals surface area contributed by atoms with E-state index in [2.05, 4.69) is 15.4 Å². The zero-order valence-electron chi connectivity index (χ0n) is 18.5. The summed E-state index contributed by atoms with van der Waals surface area (Å²) in [6, 6.07) is 5.78. The van der Waals surface area contributed by atoms with Crippen molar-refractivity contribution in [2.24, 2.45) is 5.73 Å². The third kappa shape index (κ3) is 5.31. The van der Waals surface area contributed by atoms with Gasteiger partial charge in [0, 0.05) is 23.7 Å². The second kappa shape index (κ2) is 9.67. The maximum atomic E-state index is 13.2. The number of rotatable bonds is 7. The fraction of sp³-hybridized carbons (Fsp3) is 0.143. The summed E-state index contributed by atoms with van der Waals surface area (Å²) in [5, 5.41) is 17.5. The van der Waals surface area contributed by atoms with Crippen molar-refractivity contribution >= 4 is 56.3 Å². The summed E-state index contributed by atoms with van der Waals surface area (Å²) < 4.78 is 46.2. The Morgan fingerprint density at radius 2 is 2.03 bits per heavy atom. The number of hydrogen-bond acceptors (Lipinski definition) is 8. The summed E-state index contributed by atoms with van der Waals surface area (Å²) in [6.07, 6.45) is -3.30. The van der Waals surface area contributed by atoms with Crippen LogP contribution in [0.2, 0.25) is 5.02 Å². The lowest BCUT2D eigenvalue weighted by molar-refractivity contribution is -0.384. The standard InChI is InChI=1S/C21H14ClF3N6O5S/c1-9-6-14(21(23,24)25)27-20-15(9)16(17(37-20)18(26)32)28-19(33)12-4-5-30(29-12)8-36-13-3-2-10(31(34)35)7-11(13)22/h2-7H,8H2,1H3,(H2,26,32)(H,28,33). The van der Waals surface area contributed by atoms with Gasteiger partial charge in [-0.05, 0) is 30.7 Å². The molecule has 37 heavy (non-hydrogen) atoms.